The summed E-state index contributed by atoms with van der Waals surface area (Å²) >= 11 is 0. The Morgan fingerprint density at radius 2 is 1.80 bits per heavy atom. The monoisotopic (exact) mass is 275 g/mol. The van der Waals surface area contributed by atoms with Gasteiger partial charge in [-0.15, -0.1) is 0 Å². The molecule has 0 fully saturated rings. The van der Waals surface area contributed by atoms with Gasteiger partial charge in [0.1, 0.15) is 0 Å². The van der Waals surface area contributed by atoms with Crippen LogP contribution in [0.25, 0.3) is 0 Å². The van der Waals surface area contributed by atoms with Gasteiger partial charge in [-0.25, -0.2) is 8.78 Å². The van der Waals surface area contributed by atoms with Crippen LogP contribution in [-0.4, -0.2) is 5.91 Å². The lowest BCUT2D eigenvalue weighted by Gasteiger charge is -2.15. The zero-order chi connectivity index (χ0) is 14.5. The second kappa shape index (κ2) is 6.28. The molecule has 20 heavy (non-hydrogen) atoms. The van der Waals surface area contributed by atoms with E-state index >= 15 is 0 Å². The van der Waals surface area contributed by atoms with Crippen molar-refractivity contribution in [1.82, 2.24) is 0 Å². The standard InChI is InChI=1S/C16H15F2NO/c1-2-13(11-6-4-3-5-7-11)16(20)19-12-8-9-14(17)15(18)10-12/h3-10,13H,2H2,1H3,(H,19,20). The third-order valence-electron chi connectivity index (χ3n) is 3.11. The SMILES string of the molecule is CCC(C(=O)Nc1ccc(F)c(F)c1)c1ccccc1. The molecule has 2 nitrogen and oxygen atoms in total. The second-order valence-electron chi connectivity index (χ2n) is 4.49. The molecular formula is C16H15F2NO. The molecule has 104 valence electrons. The molecule has 0 aliphatic carbocycles. The van der Waals surface area contributed by atoms with Gasteiger partial charge in [0, 0.05) is 11.8 Å². The Morgan fingerprint density at radius 1 is 1.10 bits per heavy atom. The average molecular weight is 275 g/mol. The van der Waals surface area contributed by atoms with E-state index in [0.29, 0.717) is 6.42 Å². The van der Waals surface area contributed by atoms with Crippen LogP contribution in [0.5, 0.6) is 0 Å². The first-order chi connectivity index (χ1) is 9.61. The molecule has 0 aliphatic rings. The average Bonchev–Trinajstić information content (AvgIpc) is 2.45. The Bertz CT molecular complexity index is 599. The molecule has 0 bridgehead atoms. The topological polar surface area (TPSA) is 29.1 Å². The number of anilines is 1. The summed E-state index contributed by atoms with van der Waals surface area (Å²) in [6, 6.07) is 12.7. The van der Waals surface area contributed by atoms with Gasteiger partial charge in [-0.2, -0.15) is 0 Å². The van der Waals surface area contributed by atoms with Crippen molar-refractivity contribution >= 4 is 11.6 Å². The fraction of sp³-hybridized carbons (Fsp3) is 0.188. The first-order valence-electron chi connectivity index (χ1n) is 6.42. The number of hydrogen-bond acceptors (Lipinski definition) is 1. The zero-order valence-electron chi connectivity index (χ0n) is 11.1. The van der Waals surface area contributed by atoms with Crippen LogP contribution in [0, 0.1) is 11.6 Å². The molecule has 1 N–H and O–H groups in total. The van der Waals surface area contributed by atoms with Crippen molar-refractivity contribution in [2.75, 3.05) is 5.32 Å². The minimum atomic E-state index is -0.976. The third-order valence-corrected chi connectivity index (χ3v) is 3.11. The molecular weight excluding hydrogens is 260 g/mol. The maximum absolute atomic E-state index is 13.1. The lowest BCUT2D eigenvalue weighted by Crippen LogP contribution is -2.20. The van der Waals surface area contributed by atoms with Gasteiger partial charge in [0.2, 0.25) is 5.91 Å². The molecule has 0 heterocycles. The first-order valence-corrected chi connectivity index (χ1v) is 6.42. The summed E-state index contributed by atoms with van der Waals surface area (Å²) in [4.78, 5) is 12.2. The Morgan fingerprint density at radius 3 is 2.40 bits per heavy atom. The Balaban J connectivity index is 2.15. The Kier molecular flexibility index (Phi) is 4.45. The largest absolute Gasteiger partial charge is 0.325 e. The van der Waals surface area contributed by atoms with Crippen LogP contribution in [0.1, 0.15) is 24.8 Å². The highest BCUT2D eigenvalue weighted by molar-refractivity contribution is 5.95. The van der Waals surface area contributed by atoms with E-state index in [0.717, 1.165) is 17.7 Å². The molecule has 0 radical (unpaired) electrons. The molecule has 2 aromatic rings. The summed E-state index contributed by atoms with van der Waals surface area (Å²) in [5, 5.41) is 2.61. The second-order valence-corrected chi connectivity index (χ2v) is 4.49. The van der Waals surface area contributed by atoms with Crippen LogP contribution in [0.4, 0.5) is 14.5 Å². The summed E-state index contributed by atoms with van der Waals surface area (Å²) < 4.78 is 25.9. The fourth-order valence-corrected chi connectivity index (χ4v) is 2.06. The predicted molar refractivity (Wildman–Crippen MR) is 74.5 cm³/mol. The van der Waals surface area contributed by atoms with E-state index in [1.165, 1.54) is 6.07 Å². The molecule has 0 saturated carbocycles. The number of hydrogen-bond donors (Lipinski definition) is 1. The molecule has 1 unspecified atom stereocenters. The van der Waals surface area contributed by atoms with Crippen molar-refractivity contribution in [3.8, 4) is 0 Å². The molecule has 0 saturated heterocycles. The minimum absolute atomic E-state index is 0.232. The molecule has 0 spiro atoms. The Hall–Kier alpha value is -2.23. The van der Waals surface area contributed by atoms with E-state index in [2.05, 4.69) is 5.32 Å². The summed E-state index contributed by atoms with van der Waals surface area (Å²) in [6.07, 6.45) is 0.625. The first kappa shape index (κ1) is 14.2. The van der Waals surface area contributed by atoms with Crippen LogP contribution in [0.3, 0.4) is 0 Å². The highest BCUT2D eigenvalue weighted by Gasteiger charge is 2.18. The molecule has 4 heteroatoms. The van der Waals surface area contributed by atoms with Crippen LogP contribution >= 0.6 is 0 Å². The van der Waals surface area contributed by atoms with Crippen LogP contribution in [0.2, 0.25) is 0 Å². The molecule has 2 rings (SSSR count). The fourth-order valence-electron chi connectivity index (χ4n) is 2.06. The summed E-state index contributed by atoms with van der Waals surface area (Å²) in [5.74, 6) is -2.46. The maximum Gasteiger partial charge on any atom is 0.231 e. The van der Waals surface area contributed by atoms with Gasteiger partial charge in [-0.05, 0) is 24.1 Å². The van der Waals surface area contributed by atoms with Crippen LogP contribution in [-0.2, 0) is 4.79 Å². The van der Waals surface area contributed by atoms with Crippen molar-refractivity contribution < 1.29 is 13.6 Å². The maximum atomic E-state index is 13.1. The summed E-state index contributed by atoms with van der Waals surface area (Å²) in [5.41, 5.74) is 1.15. The van der Waals surface area contributed by atoms with Gasteiger partial charge in [-0.3, -0.25) is 4.79 Å². The molecule has 2 aromatic carbocycles. The molecule has 1 amide bonds. The van der Waals surface area contributed by atoms with Crippen molar-refractivity contribution in [3.63, 3.8) is 0 Å². The number of carbonyl (C=O) groups is 1. The van der Waals surface area contributed by atoms with E-state index in [-0.39, 0.29) is 17.5 Å². The van der Waals surface area contributed by atoms with Crippen LogP contribution < -0.4 is 5.32 Å². The lowest BCUT2D eigenvalue weighted by molar-refractivity contribution is -0.117. The van der Waals surface area contributed by atoms with E-state index in [4.69, 9.17) is 0 Å². The summed E-state index contributed by atoms with van der Waals surface area (Å²) in [7, 11) is 0. The van der Waals surface area contributed by atoms with Crippen molar-refractivity contribution in [1.29, 1.82) is 0 Å². The highest BCUT2D eigenvalue weighted by atomic mass is 19.2. The van der Waals surface area contributed by atoms with Gasteiger partial charge >= 0.3 is 0 Å². The van der Waals surface area contributed by atoms with Crippen molar-refractivity contribution in [2.45, 2.75) is 19.3 Å². The number of carbonyl (C=O) groups excluding carboxylic acids is 1. The number of halogens is 2. The number of nitrogens with one attached hydrogen (secondary N) is 1. The summed E-state index contributed by atoms with van der Waals surface area (Å²) in [6.45, 7) is 1.91. The van der Waals surface area contributed by atoms with Crippen LogP contribution in [0.15, 0.2) is 48.5 Å². The number of amides is 1. The minimum Gasteiger partial charge on any atom is -0.325 e. The van der Waals surface area contributed by atoms with E-state index in [1.807, 2.05) is 37.3 Å². The van der Waals surface area contributed by atoms with Crippen molar-refractivity contribution in [3.05, 3.63) is 65.7 Å². The van der Waals surface area contributed by atoms with E-state index in [9.17, 15) is 13.6 Å². The van der Waals surface area contributed by atoms with Gasteiger partial charge in [0.05, 0.1) is 5.92 Å². The molecule has 0 aromatic heterocycles. The van der Waals surface area contributed by atoms with Crippen molar-refractivity contribution in [2.24, 2.45) is 0 Å². The van der Waals surface area contributed by atoms with E-state index < -0.39 is 11.6 Å². The molecule has 0 aliphatic heterocycles. The number of benzene rings is 2. The molecule has 1 atom stereocenters. The zero-order valence-corrected chi connectivity index (χ0v) is 11.1. The highest BCUT2D eigenvalue weighted by Crippen LogP contribution is 2.22. The Labute approximate surface area is 116 Å². The quantitative estimate of drug-likeness (QED) is 0.894. The van der Waals surface area contributed by atoms with Gasteiger partial charge in [-0.1, -0.05) is 37.3 Å². The lowest BCUT2D eigenvalue weighted by atomic mass is 9.95. The normalized spacial score (nSPS) is 11.9. The predicted octanol–water partition coefficient (Wildman–Crippen LogP) is 4.10. The van der Waals surface area contributed by atoms with Gasteiger partial charge < -0.3 is 5.32 Å². The third kappa shape index (κ3) is 3.20. The van der Waals surface area contributed by atoms with E-state index in [1.54, 1.807) is 0 Å². The smallest absolute Gasteiger partial charge is 0.231 e. The van der Waals surface area contributed by atoms with Gasteiger partial charge in [0.25, 0.3) is 0 Å². The van der Waals surface area contributed by atoms with Gasteiger partial charge in [0.15, 0.2) is 11.6 Å². The number of rotatable bonds is 4.